The lowest BCUT2D eigenvalue weighted by molar-refractivity contribution is 0.0736. The van der Waals surface area contributed by atoms with E-state index in [1.54, 1.807) is 0 Å². The first-order chi connectivity index (χ1) is 9.70. The Kier molecular flexibility index (Phi) is 3.61. The monoisotopic (exact) mass is 274 g/mol. The number of nitrogens with zero attached hydrogens (tertiary/aromatic N) is 3. The second-order valence-corrected chi connectivity index (χ2v) is 5.76. The number of fused-ring (bicyclic) bond motifs is 1. The molecule has 0 spiro atoms. The summed E-state index contributed by atoms with van der Waals surface area (Å²) in [5.41, 5.74) is 2.84. The Balaban J connectivity index is 1.83. The molecule has 0 saturated carbocycles. The smallest absolute Gasteiger partial charge is 0.275 e. The molecule has 2 aliphatic rings. The van der Waals surface area contributed by atoms with Crippen LogP contribution in [0.15, 0.2) is 12.2 Å². The van der Waals surface area contributed by atoms with Crippen LogP contribution in [0.2, 0.25) is 0 Å². The lowest BCUT2D eigenvalue weighted by Crippen LogP contribution is -2.37. The van der Waals surface area contributed by atoms with E-state index in [2.05, 4.69) is 41.2 Å². The summed E-state index contributed by atoms with van der Waals surface area (Å²) < 4.78 is 0. The Morgan fingerprint density at radius 2 is 2.40 bits per heavy atom. The molecular weight excluding hydrogens is 252 g/mol. The fraction of sp³-hybridized carbons (Fsp3) is 0.600. The molecule has 1 aromatic heterocycles. The zero-order valence-electron chi connectivity index (χ0n) is 12.2. The third-order valence-corrected chi connectivity index (χ3v) is 4.23. The van der Waals surface area contributed by atoms with Crippen molar-refractivity contribution in [2.45, 2.75) is 38.8 Å². The molecule has 0 saturated heterocycles. The van der Waals surface area contributed by atoms with Crippen molar-refractivity contribution in [3.63, 3.8) is 0 Å². The summed E-state index contributed by atoms with van der Waals surface area (Å²) in [7, 11) is 2.08. The van der Waals surface area contributed by atoms with Crippen molar-refractivity contribution < 1.29 is 4.79 Å². The van der Waals surface area contributed by atoms with Crippen molar-refractivity contribution >= 4 is 5.91 Å². The normalized spacial score (nSPS) is 22.3. The SMILES string of the molecule is CCC[C@H]1C=CCN1C(=O)c1n[nH]c2c1CN(C)CC2. The van der Waals surface area contributed by atoms with Gasteiger partial charge in [0.2, 0.25) is 0 Å². The second kappa shape index (κ2) is 5.40. The van der Waals surface area contributed by atoms with Crippen LogP contribution < -0.4 is 0 Å². The van der Waals surface area contributed by atoms with Gasteiger partial charge in [0.15, 0.2) is 5.69 Å². The summed E-state index contributed by atoms with van der Waals surface area (Å²) in [4.78, 5) is 16.9. The van der Waals surface area contributed by atoms with Crippen molar-refractivity contribution in [3.8, 4) is 0 Å². The molecule has 1 atom stereocenters. The molecule has 0 fully saturated rings. The number of aromatic nitrogens is 2. The maximum atomic E-state index is 12.8. The predicted molar refractivity (Wildman–Crippen MR) is 77.5 cm³/mol. The van der Waals surface area contributed by atoms with E-state index in [0.29, 0.717) is 12.2 Å². The van der Waals surface area contributed by atoms with Crippen LogP contribution in [-0.4, -0.2) is 52.1 Å². The molecule has 5 heteroatoms. The molecule has 0 aromatic carbocycles. The highest BCUT2D eigenvalue weighted by atomic mass is 16.2. The largest absolute Gasteiger partial charge is 0.327 e. The number of carbonyl (C=O) groups is 1. The molecule has 0 aliphatic carbocycles. The molecule has 108 valence electrons. The number of H-pyrrole nitrogens is 1. The van der Waals surface area contributed by atoms with Crippen LogP contribution in [0.5, 0.6) is 0 Å². The van der Waals surface area contributed by atoms with Crippen molar-refractivity contribution in [2.75, 3.05) is 20.1 Å². The van der Waals surface area contributed by atoms with Gasteiger partial charge >= 0.3 is 0 Å². The number of likely N-dealkylation sites (N-methyl/N-ethyl adjacent to an activating group) is 1. The first kappa shape index (κ1) is 13.4. The molecule has 20 heavy (non-hydrogen) atoms. The van der Waals surface area contributed by atoms with E-state index in [1.165, 1.54) is 0 Å². The van der Waals surface area contributed by atoms with Crippen molar-refractivity contribution in [1.82, 2.24) is 20.0 Å². The topological polar surface area (TPSA) is 52.2 Å². The van der Waals surface area contributed by atoms with Gasteiger partial charge in [0.05, 0.1) is 6.04 Å². The zero-order chi connectivity index (χ0) is 14.1. The third-order valence-electron chi connectivity index (χ3n) is 4.23. The Morgan fingerprint density at radius 1 is 1.55 bits per heavy atom. The lowest BCUT2D eigenvalue weighted by atomic mass is 10.0. The van der Waals surface area contributed by atoms with Gasteiger partial charge in [0, 0.05) is 37.3 Å². The lowest BCUT2D eigenvalue weighted by Gasteiger charge is -2.26. The quantitative estimate of drug-likeness (QED) is 0.851. The number of amides is 1. The third kappa shape index (κ3) is 2.26. The highest BCUT2D eigenvalue weighted by Gasteiger charge is 2.30. The van der Waals surface area contributed by atoms with Crippen LogP contribution in [0, 0.1) is 0 Å². The van der Waals surface area contributed by atoms with E-state index < -0.39 is 0 Å². The summed E-state index contributed by atoms with van der Waals surface area (Å²) in [5, 5.41) is 7.35. The number of hydrogen-bond acceptors (Lipinski definition) is 3. The molecule has 0 bridgehead atoms. The average molecular weight is 274 g/mol. The van der Waals surface area contributed by atoms with Gasteiger partial charge in [0.1, 0.15) is 0 Å². The van der Waals surface area contributed by atoms with E-state index in [4.69, 9.17) is 0 Å². The molecule has 5 nitrogen and oxygen atoms in total. The molecule has 1 aromatic rings. The molecule has 1 amide bonds. The van der Waals surface area contributed by atoms with Gasteiger partial charge in [-0.15, -0.1) is 0 Å². The zero-order valence-corrected chi connectivity index (χ0v) is 12.2. The highest BCUT2D eigenvalue weighted by Crippen LogP contribution is 2.23. The fourth-order valence-electron chi connectivity index (χ4n) is 3.10. The summed E-state index contributed by atoms with van der Waals surface area (Å²) in [5.74, 6) is 0.0706. The van der Waals surface area contributed by atoms with Gasteiger partial charge < -0.3 is 9.80 Å². The molecule has 3 heterocycles. The summed E-state index contributed by atoms with van der Waals surface area (Å²) in [6.45, 7) is 4.69. The number of aromatic amines is 1. The minimum Gasteiger partial charge on any atom is -0.327 e. The summed E-state index contributed by atoms with van der Waals surface area (Å²) in [6, 6.07) is 0.237. The van der Waals surface area contributed by atoms with Crippen molar-refractivity contribution in [1.29, 1.82) is 0 Å². The summed E-state index contributed by atoms with van der Waals surface area (Å²) >= 11 is 0. The van der Waals surface area contributed by atoms with Crippen LogP contribution in [-0.2, 0) is 13.0 Å². The van der Waals surface area contributed by atoms with E-state index in [1.807, 2.05) is 4.90 Å². The van der Waals surface area contributed by atoms with Gasteiger partial charge in [-0.2, -0.15) is 5.10 Å². The van der Waals surface area contributed by atoms with Crippen LogP contribution in [0.25, 0.3) is 0 Å². The van der Waals surface area contributed by atoms with Gasteiger partial charge in [-0.25, -0.2) is 0 Å². The van der Waals surface area contributed by atoms with Crippen LogP contribution in [0.3, 0.4) is 0 Å². The maximum absolute atomic E-state index is 12.8. The van der Waals surface area contributed by atoms with Gasteiger partial charge in [0.25, 0.3) is 5.91 Å². The molecule has 0 radical (unpaired) electrons. The van der Waals surface area contributed by atoms with Gasteiger partial charge in [-0.05, 0) is 13.5 Å². The fourth-order valence-corrected chi connectivity index (χ4v) is 3.10. The molecule has 2 aliphatic heterocycles. The van der Waals surface area contributed by atoms with Crippen LogP contribution in [0.1, 0.15) is 41.5 Å². The number of nitrogens with one attached hydrogen (secondary N) is 1. The van der Waals surface area contributed by atoms with Gasteiger partial charge in [-0.1, -0.05) is 25.5 Å². The Morgan fingerprint density at radius 3 is 3.20 bits per heavy atom. The standard InChI is InChI=1S/C15H22N4O/c1-3-5-11-6-4-8-19(11)15(20)14-12-10-18(2)9-7-13(12)16-17-14/h4,6,11H,3,5,7-10H2,1-2H3,(H,16,17)/t11-/m0/s1. The van der Waals surface area contributed by atoms with Crippen molar-refractivity contribution in [2.24, 2.45) is 0 Å². The molecule has 3 rings (SSSR count). The second-order valence-electron chi connectivity index (χ2n) is 5.76. The maximum Gasteiger partial charge on any atom is 0.275 e. The van der Waals surface area contributed by atoms with E-state index in [0.717, 1.165) is 43.6 Å². The van der Waals surface area contributed by atoms with Crippen LogP contribution >= 0.6 is 0 Å². The Bertz CT molecular complexity index is 534. The van der Waals surface area contributed by atoms with Gasteiger partial charge in [-0.3, -0.25) is 9.89 Å². The molecular formula is C15H22N4O. The first-order valence-electron chi connectivity index (χ1n) is 7.43. The Labute approximate surface area is 119 Å². The van der Waals surface area contributed by atoms with Crippen LogP contribution in [0.4, 0.5) is 0 Å². The average Bonchev–Trinajstić information content (AvgIpc) is 3.04. The molecule has 0 unspecified atom stereocenters. The Hall–Kier alpha value is -1.62. The predicted octanol–water partition coefficient (Wildman–Crippen LogP) is 1.58. The minimum atomic E-state index is 0.0706. The summed E-state index contributed by atoms with van der Waals surface area (Å²) in [6.07, 6.45) is 7.29. The van der Waals surface area contributed by atoms with Crippen molar-refractivity contribution in [3.05, 3.63) is 29.1 Å². The van der Waals surface area contributed by atoms with E-state index in [9.17, 15) is 4.79 Å². The first-order valence-corrected chi connectivity index (χ1v) is 7.43. The number of carbonyl (C=O) groups excluding carboxylic acids is 1. The minimum absolute atomic E-state index is 0.0706. The number of rotatable bonds is 3. The number of hydrogen-bond donors (Lipinski definition) is 1. The van der Waals surface area contributed by atoms with E-state index >= 15 is 0 Å². The molecule has 1 N–H and O–H groups in total. The highest BCUT2D eigenvalue weighted by molar-refractivity contribution is 5.94. The van der Waals surface area contributed by atoms with E-state index in [-0.39, 0.29) is 11.9 Å².